The first-order valence-corrected chi connectivity index (χ1v) is 33.4. The summed E-state index contributed by atoms with van der Waals surface area (Å²) in [5.74, 6) is 31.5. The molecule has 0 saturated heterocycles. The molecular formula is C76H94O4S2. The molecule has 82 heavy (non-hydrogen) atoms. The summed E-state index contributed by atoms with van der Waals surface area (Å²) in [5.41, 5.74) is 5.52. The predicted molar refractivity (Wildman–Crippen MR) is 351 cm³/mol. The molecule has 6 heteroatoms. The first kappa shape index (κ1) is 64.9. The molecule has 0 unspecified atom stereocenters. The number of hydrogen-bond donors (Lipinski definition) is 0. The zero-order chi connectivity index (χ0) is 57.3. The van der Waals surface area contributed by atoms with Crippen LogP contribution in [0.15, 0.2) is 109 Å². The Kier molecular flexibility index (Phi) is 32.3. The summed E-state index contributed by atoms with van der Waals surface area (Å²) >= 11 is 3.30. The summed E-state index contributed by atoms with van der Waals surface area (Å²) in [6.07, 6.45) is 35.3. The topological polar surface area (TPSA) is 36.9 Å². The summed E-state index contributed by atoms with van der Waals surface area (Å²) in [6.45, 7) is 12.0. The summed E-state index contributed by atoms with van der Waals surface area (Å²) in [7, 11) is 0. The zero-order valence-corrected chi connectivity index (χ0v) is 52.1. The van der Waals surface area contributed by atoms with E-state index in [1.807, 2.05) is 48.5 Å². The van der Waals surface area contributed by atoms with E-state index in [4.69, 9.17) is 18.9 Å². The number of hydrogen-bond acceptors (Lipinski definition) is 6. The molecule has 2 heterocycles. The van der Waals surface area contributed by atoms with Crippen molar-refractivity contribution in [1.82, 2.24) is 0 Å². The highest BCUT2D eigenvalue weighted by molar-refractivity contribution is 7.23. The van der Waals surface area contributed by atoms with Crippen molar-refractivity contribution in [3.05, 3.63) is 152 Å². The van der Waals surface area contributed by atoms with Crippen molar-refractivity contribution in [3.63, 3.8) is 0 Å². The van der Waals surface area contributed by atoms with Gasteiger partial charge in [-0.3, -0.25) is 0 Å². The maximum atomic E-state index is 6.14. The third kappa shape index (κ3) is 26.3. The molecule has 4 aromatic carbocycles. The maximum absolute atomic E-state index is 6.14. The van der Waals surface area contributed by atoms with Gasteiger partial charge in [-0.05, 0) is 135 Å². The van der Waals surface area contributed by atoms with Crippen molar-refractivity contribution in [1.29, 1.82) is 0 Å². The zero-order valence-electron chi connectivity index (χ0n) is 50.5. The van der Waals surface area contributed by atoms with E-state index >= 15 is 0 Å². The second-order valence-corrected chi connectivity index (χ2v) is 23.8. The molecule has 0 N–H and O–H groups in total. The molecule has 0 aliphatic rings. The molecule has 0 radical (unpaired) electrons. The fourth-order valence-corrected chi connectivity index (χ4v) is 11.6. The molecule has 0 aliphatic carbocycles. The summed E-state index contributed by atoms with van der Waals surface area (Å²) < 4.78 is 24.5. The first-order chi connectivity index (χ1) is 40.5. The quantitative estimate of drug-likeness (QED) is 0.0288. The highest BCUT2D eigenvalue weighted by Crippen LogP contribution is 2.40. The number of rotatable bonds is 37. The molecule has 0 aliphatic heterocycles. The SMILES string of the molecule is CCCCCCCCCOc1ccc(C#Cc2cc(C#Cc3ccc(OCCCCCCCCC)cc3)c(-c3sc(C#Cc4ccc(OCCCCCCCCC)cc4)cc3C#Cc3ccc(OCCCCCCCCC)cc3)s2)cc1. The highest BCUT2D eigenvalue weighted by atomic mass is 32.1. The van der Waals surface area contributed by atoms with Gasteiger partial charge in [0.25, 0.3) is 0 Å². The van der Waals surface area contributed by atoms with E-state index in [0.717, 1.165) is 128 Å². The van der Waals surface area contributed by atoms with Gasteiger partial charge in [-0.25, -0.2) is 0 Å². The van der Waals surface area contributed by atoms with Crippen LogP contribution in [0, 0.1) is 47.4 Å². The van der Waals surface area contributed by atoms with Crippen LogP contribution >= 0.6 is 22.7 Å². The van der Waals surface area contributed by atoms with Gasteiger partial charge in [-0.15, -0.1) is 22.7 Å². The van der Waals surface area contributed by atoms with Gasteiger partial charge in [-0.2, -0.15) is 0 Å². The van der Waals surface area contributed by atoms with Gasteiger partial charge in [0.05, 0.1) is 45.9 Å². The summed E-state index contributed by atoms with van der Waals surface area (Å²) in [5, 5.41) is 0. The fraction of sp³-hybridized carbons (Fsp3) is 0.474. The van der Waals surface area contributed by atoms with Crippen LogP contribution in [-0.2, 0) is 0 Å². The Labute approximate surface area is 505 Å². The average Bonchev–Trinajstić information content (AvgIpc) is 4.36. The smallest absolute Gasteiger partial charge is 0.119 e. The second kappa shape index (κ2) is 40.8. The lowest BCUT2D eigenvalue weighted by molar-refractivity contribution is 0.304. The minimum absolute atomic E-state index is 0.732. The van der Waals surface area contributed by atoms with Gasteiger partial charge in [0.15, 0.2) is 0 Å². The molecule has 6 aromatic rings. The number of unbranched alkanes of at least 4 members (excludes halogenated alkanes) is 24. The Bertz CT molecular complexity index is 2730. The molecule has 0 spiro atoms. The molecule has 2 aromatic heterocycles. The number of benzene rings is 4. The molecular weight excluding hydrogens is 1040 g/mol. The van der Waals surface area contributed by atoms with Gasteiger partial charge >= 0.3 is 0 Å². The van der Waals surface area contributed by atoms with Crippen LogP contribution in [0.3, 0.4) is 0 Å². The van der Waals surface area contributed by atoms with Gasteiger partial charge in [0, 0.05) is 33.4 Å². The lowest BCUT2D eigenvalue weighted by Gasteiger charge is -2.06. The molecule has 0 bridgehead atoms. The Morgan fingerprint density at radius 2 is 0.476 bits per heavy atom. The van der Waals surface area contributed by atoms with Crippen molar-refractivity contribution in [2.24, 2.45) is 0 Å². The van der Waals surface area contributed by atoms with Crippen molar-refractivity contribution >= 4 is 22.7 Å². The lowest BCUT2D eigenvalue weighted by Crippen LogP contribution is -1.97. The second-order valence-electron chi connectivity index (χ2n) is 21.7. The van der Waals surface area contributed by atoms with E-state index in [1.54, 1.807) is 22.7 Å². The van der Waals surface area contributed by atoms with E-state index in [-0.39, 0.29) is 0 Å². The predicted octanol–water partition coefficient (Wildman–Crippen LogP) is 21.6. The molecule has 6 rings (SSSR count). The standard InChI is InChI=1S/C76H94O4S2/c1-5-9-13-17-21-25-29-57-77-69-47-35-63(36-48-69)33-45-67-61-73(55-43-65-39-51-71(52-40-65)79-59-31-27-23-19-15-11-7-3)81-75(67)76-68(46-34-64-37-49-70(50-38-64)78-58-30-26-22-18-14-10-6-2)62-74(82-76)56-44-66-41-53-72(54-42-66)80-60-32-28-24-20-16-12-8-4/h35-42,47-54,61-62H,5-32,57-60H2,1-4H3. The Hall–Kier alpha value is -6.28. The minimum Gasteiger partial charge on any atom is -0.494 e. The van der Waals surface area contributed by atoms with E-state index < -0.39 is 0 Å². The third-order valence-electron chi connectivity index (χ3n) is 14.5. The maximum Gasteiger partial charge on any atom is 0.119 e. The Morgan fingerprint density at radius 1 is 0.256 bits per heavy atom. The van der Waals surface area contributed by atoms with E-state index in [0.29, 0.717) is 0 Å². The van der Waals surface area contributed by atoms with Gasteiger partial charge in [0.2, 0.25) is 0 Å². The van der Waals surface area contributed by atoms with Crippen LogP contribution in [0.2, 0.25) is 0 Å². The minimum atomic E-state index is 0.732. The van der Waals surface area contributed by atoms with Crippen LogP contribution in [0.25, 0.3) is 9.75 Å². The molecule has 0 atom stereocenters. The van der Waals surface area contributed by atoms with E-state index in [1.165, 1.54) is 154 Å². The van der Waals surface area contributed by atoms with E-state index in [2.05, 4.69) is 136 Å². The fourth-order valence-electron chi connectivity index (χ4n) is 9.51. The number of thiophene rings is 2. The number of ether oxygens (including phenoxy) is 4. The van der Waals surface area contributed by atoms with Gasteiger partial charge in [-0.1, -0.05) is 229 Å². The van der Waals surface area contributed by atoms with Crippen LogP contribution in [0.5, 0.6) is 23.0 Å². The Balaban J connectivity index is 1.24. The third-order valence-corrected chi connectivity index (χ3v) is 16.8. The lowest BCUT2D eigenvalue weighted by atomic mass is 10.1. The van der Waals surface area contributed by atoms with Crippen LogP contribution < -0.4 is 18.9 Å². The van der Waals surface area contributed by atoms with Crippen LogP contribution in [0.1, 0.15) is 251 Å². The largest absolute Gasteiger partial charge is 0.494 e. The monoisotopic (exact) mass is 1130 g/mol. The summed E-state index contributed by atoms with van der Waals surface area (Å²) in [4.78, 5) is 3.90. The van der Waals surface area contributed by atoms with Crippen LogP contribution in [-0.4, -0.2) is 26.4 Å². The van der Waals surface area contributed by atoms with Gasteiger partial charge < -0.3 is 18.9 Å². The van der Waals surface area contributed by atoms with Crippen molar-refractivity contribution in [2.45, 2.75) is 207 Å². The Morgan fingerprint density at radius 3 is 0.720 bits per heavy atom. The molecule has 0 fully saturated rings. The normalized spacial score (nSPS) is 10.6. The average molecular weight is 1140 g/mol. The van der Waals surface area contributed by atoms with E-state index in [9.17, 15) is 0 Å². The van der Waals surface area contributed by atoms with Gasteiger partial charge in [0.1, 0.15) is 23.0 Å². The summed E-state index contributed by atoms with van der Waals surface area (Å²) in [6, 6.07) is 37.0. The van der Waals surface area contributed by atoms with Crippen molar-refractivity contribution < 1.29 is 18.9 Å². The molecule has 0 amide bonds. The van der Waals surface area contributed by atoms with Crippen LogP contribution in [0.4, 0.5) is 0 Å². The molecule has 0 saturated carbocycles. The van der Waals surface area contributed by atoms with Crippen molar-refractivity contribution in [2.75, 3.05) is 26.4 Å². The highest BCUT2D eigenvalue weighted by Gasteiger charge is 2.17. The molecule has 4 nitrogen and oxygen atoms in total. The first-order valence-electron chi connectivity index (χ1n) is 31.8. The molecule has 434 valence electrons. The van der Waals surface area contributed by atoms with Crippen molar-refractivity contribution in [3.8, 4) is 80.1 Å².